The molecule has 0 N–H and O–H groups in total. The van der Waals surface area contributed by atoms with Gasteiger partial charge in [-0.25, -0.2) is 0 Å². The molecular weight excluding hydrogens is 256 g/mol. The van der Waals surface area contributed by atoms with Crippen LogP contribution in [0.5, 0.6) is 0 Å². The molecule has 0 aromatic heterocycles. The third-order valence-corrected chi connectivity index (χ3v) is 4.32. The summed E-state index contributed by atoms with van der Waals surface area (Å²) in [6, 6.07) is 0. The SMILES string of the molecule is CCCCCCCCCCCCCCCCCC[CH]C=O. The van der Waals surface area contributed by atoms with E-state index in [1.807, 2.05) is 0 Å². The Bertz CT molecular complexity index is 188. The van der Waals surface area contributed by atoms with Gasteiger partial charge in [-0.3, -0.25) is 0 Å². The summed E-state index contributed by atoms with van der Waals surface area (Å²) in [6.07, 6.45) is 26.1. The number of unbranched alkanes of at least 4 members (excludes halogenated alkanes) is 17. The summed E-state index contributed by atoms with van der Waals surface area (Å²) in [4.78, 5) is 10.1. The highest BCUT2D eigenvalue weighted by Crippen LogP contribution is 2.14. The summed E-state index contributed by atoms with van der Waals surface area (Å²) in [7, 11) is 0. The van der Waals surface area contributed by atoms with E-state index in [1.54, 1.807) is 6.42 Å². The van der Waals surface area contributed by atoms with Crippen LogP contribution in [0.4, 0.5) is 0 Å². The van der Waals surface area contributed by atoms with Crippen LogP contribution >= 0.6 is 0 Å². The van der Waals surface area contributed by atoms with Crippen molar-refractivity contribution < 1.29 is 4.79 Å². The quantitative estimate of drug-likeness (QED) is 0.196. The molecule has 0 amide bonds. The van der Waals surface area contributed by atoms with Gasteiger partial charge in [-0.2, -0.15) is 0 Å². The summed E-state index contributed by atoms with van der Waals surface area (Å²) >= 11 is 0. The summed E-state index contributed by atoms with van der Waals surface area (Å²) in [5.74, 6) is 0. The minimum atomic E-state index is 0.922. The van der Waals surface area contributed by atoms with Gasteiger partial charge in [0, 0.05) is 6.42 Å². The molecule has 0 fully saturated rings. The average Bonchev–Trinajstić information content (AvgIpc) is 2.50. The highest BCUT2D eigenvalue weighted by molar-refractivity contribution is 5.60. The predicted octanol–water partition coefficient (Wildman–Crippen LogP) is 7.04. The molecule has 0 saturated carbocycles. The first-order chi connectivity index (χ1) is 10.4. The van der Waals surface area contributed by atoms with Crippen molar-refractivity contribution in [2.45, 2.75) is 116 Å². The zero-order valence-corrected chi connectivity index (χ0v) is 14.6. The topological polar surface area (TPSA) is 17.1 Å². The largest absolute Gasteiger partial charge is 0.303 e. The molecule has 1 heteroatoms. The van der Waals surface area contributed by atoms with Gasteiger partial charge in [0.1, 0.15) is 6.29 Å². The summed E-state index contributed by atoms with van der Waals surface area (Å²) in [5.41, 5.74) is 0. The Balaban J connectivity index is 2.91. The van der Waals surface area contributed by atoms with E-state index in [9.17, 15) is 4.79 Å². The van der Waals surface area contributed by atoms with Crippen LogP contribution in [-0.4, -0.2) is 6.29 Å². The Kier molecular flexibility index (Phi) is 19.4. The van der Waals surface area contributed by atoms with Crippen molar-refractivity contribution in [1.29, 1.82) is 0 Å². The Morgan fingerprint density at radius 3 is 1.19 bits per heavy atom. The molecule has 0 saturated heterocycles. The predicted molar refractivity (Wildman–Crippen MR) is 94.5 cm³/mol. The Hall–Kier alpha value is -0.330. The van der Waals surface area contributed by atoms with Crippen LogP contribution in [0.2, 0.25) is 0 Å². The Labute approximate surface area is 134 Å². The molecule has 0 aliphatic carbocycles. The number of aldehydes is 1. The maximum Gasteiger partial charge on any atom is 0.123 e. The van der Waals surface area contributed by atoms with Gasteiger partial charge in [0.25, 0.3) is 0 Å². The number of carbonyl (C=O) groups is 1. The van der Waals surface area contributed by atoms with Gasteiger partial charge in [-0.15, -0.1) is 0 Å². The monoisotopic (exact) mass is 295 g/mol. The van der Waals surface area contributed by atoms with Crippen LogP contribution in [0, 0.1) is 6.42 Å². The van der Waals surface area contributed by atoms with Crippen LogP contribution in [-0.2, 0) is 4.79 Å². The minimum absolute atomic E-state index is 0.922. The fraction of sp³-hybridized carbons (Fsp3) is 0.900. The van der Waals surface area contributed by atoms with Crippen LogP contribution < -0.4 is 0 Å². The van der Waals surface area contributed by atoms with Gasteiger partial charge < -0.3 is 4.79 Å². The fourth-order valence-corrected chi connectivity index (χ4v) is 2.88. The summed E-state index contributed by atoms with van der Waals surface area (Å²) in [5, 5.41) is 0. The van der Waals surface area contributed by atoms with E-state index in [0.717, 1.165) is 12.7 Å². The molecule has 21 heavy (non-hydrogen) atoms. The number of hydrogen-bond acceptors (Lipinski definition) is 1. The molecule has 0 atom stereocenters. The van der Waals surface area contributed by atoms with Crippen LogP contribution in [0.1, 0.15) is 116 Å². The molecule has 0 aliphatic heterocycles. The smallest absolute Gasteiger partial charge is 0.123 e. The molecule has 1 nitrogen and oxygen atoms in total. The van der Waals surface area contributed by atoms with Crippen molar-refractivity contribution in [2.75, 3.05) is 0 Å². The molecule has 0 unspecified atom stereocenters. The normalized spacial score (nSPS) is 10.9. The molecule has 0 aromatic rings. The highest BCUT2D eigenvalue weighted by Gasteiger charge is 1.94. The van der Waals surface area contributed by atoms with Crippen molar-refractivity contribution in [1.82, 2.24) is 0 Å². The number of hydrogen-bond donors (Lipinski definition) is 0. The minimum Gasteiger partial charge on any atom is -0.303 e. The summed E-state index contributed by atoms with van der Waals surface area (Å²) < 4.78 is 0. The van der Waals surface area contributed by atoms with E-state index in [1.165, 1.54) is 103 Å². The molecule has 0 aliphatic rings. The standard InChI is InChI=1S/C20H39O/c1-2-3-4-5-6-7-8-9-10-11-12-13-14-15-16-17-18-19-20-21/h19-20H,2-18H2,1H3. The first-order valence-electron chi connectivity index (χ1n) is 9.68. The van der Waals surface area contributed by atoms with Crippen molar-refractivity contribution in [2.24, 2.45) is 0 Å². The van der Waals surface area contributed by atoms with Crippen LogP contribution in [0.25, 0.3) is 0 Å². The number of rotatable bonds is 18. The van der Waals surface area contributed by atoms with E-state index in [0.29, 0.717) is 0 Å². The van der Waals surface area contributed by atoms with E-state index in [2.05, 4.69) is 6.92 Å². The lowest BCUT2D eigenvalue weighted by atomic mass is 10.0. The van der Waals surface area contributed by atoms with Crippen LogP contribution in [0.3, 0.4) is 0 Å². The first kappa shape index (κ1) is 20.7. The molecule has 125 valence electrons. The van der Waals surface area contributed by atoms with Crippen LogP contribution in [0.15, 0.2) is 0 Å². The van der Waals surface area contributed by atoms with Crippen molar-refractivity contribution in [3.63, 3.8) is 0 Å². The highest BCUT2D eigenvalue weighted by atomic mass is 16.1. The lowest BCUT2D eigenvalue weighted by Gasteiger charge is -2.03. The third-order valence-electron chi connectivity index (χ3n) is 4.32. The van der Waals surface area contributed by atoms with Crippen molar-refractivity contribution in [3.05, 3.63) is 6.42 Å². The van der Waals surface area contributed by atoms with Gasteiger partial charge in [0.05, 0.1) is 0 Å². The molecule has 0 bridgehead atoms. The fourth-order valence-electron chi connectivity index (χ4n) is 2.88. The molecule has 0 heterocycles. The molecular formula is C20H39O. The lowest BCUT2D eigenvalue weighted by molar-refractivity contribution is -0.105. The zero-order chi connectivity index (χ0) is 15.4. The summed E-state index contributed by atoms with van der Waals surface area (Å²) in [6.45, 7) is 2.28. The van der Waals surface area contributed by atoms with E-state index >= 15 is 0 Å². The first-order valence-corrected chi connectivity index (χ1v) is 9.68. The zero-order valence-electron chi connectivity index (χ0n) is 14.6. The lowest BCUT2D eigenvalue weighted by Crippen LogP contribution is -1.84. The number of carbonyl (C=O) groups excluding carboxylic acids is 1. The van der Waals surface area contributed by atoms with E-state index in [4.69, 9.17) is 0 Å². The second kappa shape index (κ2) is 19.7. The van der Waals surface area contributed by atoms with Gasteiger partial charge in [-0.05, 0) is 6.42 Å². The second-order valence-electron chi connectivity index (χ2n) is 6.46. The molecule has 0 rings (SSSR count). The van der Waals surface area contributed by atoms with Gasteiger partial charge in [0.2, 0.25) is 0 Å². The van der Waals surface area contributed by atoms with Gasteiger partial charge >= 0.3 is 0 Å². The maximum atomic E-state index is 10.1. The molecule has 0 aromatic carbocycles. The Morgan fingerprint density at radius 1 is 0.524 bits per heavy atom. The molecule has 1 radical (unpaired) electrons. The van der Waals surface area contributed by atoms with E-state index in [-0.39, 0.29) is 0 Å². The van der Waals surface area contributed by atoms with E-state index < -0.39 is 0 Å². The average molecular weight is 296 g/mol. The van der Waals surface area contributed by atoms with Crippen molar-refractivity contribution >= 4 is 6.29 Å². The molecule has 0 spiro atoms. The maximum absolute atomic E-state index is 10.1. The van der Waals surface area contributed by atoms with Gasteiger partial charge in [-0.1, -0.05) is 110 Å². The van der Waals surface area contributed by atoms with Crippen molar-refractivity contribution in [3.8, 4) is 0 Å². The second-order valence-corrected chi connectivity index (χ2v) is 6.46. The Morgan fingerprint density at radius 2 is 0.857 bits per heavy atom. The van der Waals surface area contributed by atoms with Gasteiger partial charge in [0.15, 0.2) is 0 Å². The third kappa shape index (κ3) is 19.7.